The van der Waals surface area contributed by atoms with Crippen molar-refractivity contribution in [2.24, 2.45) is 0 Å². The summed E-state index contributed by atoms with van der Waals surface area (Å²) < 4.78 is 3.55. The molecule has 1 unspecified atom stereocenters. The molecule has 3 fully saturated rings. The van der Waals surface area contributed by atoms with Crippen molar-refractivity contribution in [2.75, 3.05) is 36.4 Å². The molecule has 300 valence electrons. The lowest BCUT2D eigenvalue weighted by atomic mass is 9.90. The van der Waals surface area contributed by atoms with Crippen LogP contribution in [0, 0.1) is 11.3 Å². The Hall–Kier alpha value is -6.11. The zero-order valence-corrected chi connectivity index (χ0v) is 32.8. The summed E-state index contributed by atoms with van der Waals surface area (Å²) in [6, 6.07) is 19.4. The van der Waals surface area contributed by atoms with Crippen molar-refractivity contribution in [2.45, 2.75) is 88.9 Å². The summed E-state index contributed by atoms with van der Waals surface area (Å²) in [7, 11) is 0. The average molecular weight is 785 g/mol. The predicted molar refractivity (Wildman–Crippen MR) is 217 cm³/mol. The number of anilines is 2. The van der Waals surface area contributed by atoms with E-state index in [1.54, 1.807) is 32.0 Å². The summed E-state index contributed by atoms with van der Waals surface area (Å²) in [5.41, 5.74) is 4.17. The van der Waals surface area contributed by atoms with Gasteiger partial charge < -0.3 is 20.6 Å². The molecule has 2 aromatic carbocycles. The number of nitrogens with zero attached hydrogens (tertiary/aromatic N) is 7. The molecule has 2 saturated heterocycles. The number of nitrogens with one attached hydrogen (secondary N) is 3. The Kier molecular flexibility index (Phi) is 10.7. The van der Waals surface area contributed by atoms with Crippen molar-refractivity contribution < 1.29 is 24.3 Å². The molecule has 0 spiro atoms. The first kappa shape index (κ1) is 38.7. The summed E-state index contributed by atoms with van der Waals surface area (Å²) in [4.78, 5) is 54.3. The van der Waals surface area contributed by atoms with Gasteiger partial charge in [-0.2, -0.15) is 15.5 Å². The number of imide groups is 1. The Morgan fingerprint density at radius 1 is 0.966 bits per heavy atom. The Morgan fingerprint density at radius 2 is 1.71 bits per heavy atom. The van der Waals surface area contributed by atoms with Crippen LogP contribution in [0.2, 0.25) is 0 Å². The fourth-order valence-corrected chi connectivity index (χ4v) is 8.57. The lowest BCUT2D eigenvalue weighted by Gasteiger charge is -2.42. The zero-order chi connectivity index (χ0) is 40.6. The summed E-state index contributed by atoms with van der Waals surface area (Å²) in [5.74, 6) is -1.31. The summed E-state index contributed by atoms with van der Waals surface area (Å²) in [5, 5.41) is 38.5. The van der Waals surface area contributed by atoms with Gasteiger partial charge in [0.2, 0.25) is 17.7 Å². The van der Waals surface area contributed by atoms with Gasteiger partial charge in [-0.15, -0.1) is 0 Å². The summed E-state index contributed by atoms with van der Waals surface area (Å²) >= 11 is 0. The fourth-order valence-electron chi connectivity index (χ4n) is 8.57. The molecule has 1 atom stereocenters. The molecule has 0 bridgehead atoms. The lowest BCUT2D eigenvalue weighted by molar-refractivity contribution is -0.137. The van der Waals surface area contributed by atoms with E-state index in [2.05, 4.69) is 65.9 Å². The second-order valence-electron chi connectivity index (χ2n) is 16.2. The van der Waals surface area contributed by atoms with Gasteiger partial charge in [-0.25, -0.2) is 4.52 Å². The van der Waals surface area contributed by atoms with Gasteiger partial charge in [0, 0.05) is 73.6 Å². The van der Waals surface area contributed by atoms with Gasteiger partial charge in [-0.05, 0) is 100 Å². The zero-order valence-electron chi connectivity index (χ0n) is 32.8. The highest BCUT2D eigenvalue weighted by Crippen LogP contribution is 2.36. The van der Waals surface area contributed by atoms with Gasteiger partial charge >= 0.3 is 0 Å². The number of aliphatic hydroxyl groups is 1. The Morgan fingerprint density at radius 3 is 2.41 bits per heavy atom. The largest absolute Gasteiger partial charge is 0.386 e. The molecule has 0 radical (unpaired) electrons. The van der Waals surface area contributed by atoms with Crippen LogP contribution in [0.15, 0.2) is 67.0 Å². The molecule has 5 aromatic rings. The molecule has 58 heavy (non-hydrogen) atoms. The van der Waals surface area contributed by atoms with E-state index < -0.39 is 17.6 Å². The Labute approximate surface area is 336 Å². The number of aryl methyl sites for hydroxylation is 1. The molecule has 15 nitrogen and oxygen atoms in total. The van der Waals surface area contributed by atoms with E-state index in [1.807, 2.05) is 18.3 Å². The summed E-state index contributed by atoms with van der Waals surface area (Å²) in [6.45, 7) is 7.26. The third-order valence-electron chi connectivity index (χ3n) is 11.8. The number of amides is 4. The quantitative estimate of drug-likeness (QED) is 0.150. The second-order valence-corrected chi connectivity index (χ2v) is 16.2. The minimum atomic E-state index is -1.24. The second kappa shape index (κ2) is 16.0. The molecular formula is C43H48N10O5. The van der Waals surface area contributed by atoms with E-state index in [0.29, 0.717) is 46.9 Å². The van der Waals surface area contributed by atoms with Crippen molar-refractivity contribution in [3.05, 3.63) is 89.4 Å². The van der Waals surface area contributed by atoms with Gasteiger partial charge in [0.05, 0.1) is 34.4 Å². The van der Waals surface area contributed by atoms with E-state index in [9.17, 15) is 29.5 Å². The van der Waals surface area contributed by atoms with Crippen molar-refractivity contribution in [3.8, 4) is 6.07 Å². The number of hydrogen-bond acceptors (Lipinski definition) is 10. The van der Waals surface area contributed by atoms with Crippen LogP contribution >= 0.6 is 0 Å². The van der Waals surface area contributed by atoms with Crippen LogP contribution in [0.3, 0.4) is 0 Å². The van der Waals surface area contributed by atoms with Gasteiger partial charge in [0.15, 0.2) is 0 Å². The van der Waals surface area contributed by atoms with Crippen LogP contribution < -0.4 is 20.9 Å². The highest BCUT2D eigenvalue weighted by Gasteiger charge is 2.31. The molecular weight excluding hydrogens is 737 g/mol. The normalized spacial score (nSPS) is 20.5. The maximum atomic E-state index is 13.5. The predicted octanol–water partition coefficient (Wildman–Crippen LogP) is 4.20. The maximum absolute atomic E-state index is 13.5. The van der Waals surface area contributed by atoms with E-state index in [1.165, 1.54) is 16.4 Å². The molecule has 3 aromatic heterocycles. The average Bonchev–Trinajstić information content (AvgIpc) is 3.85. The van der Waals surface area contributed by atoms with Crippen molar-refractivity contribution in [1.82, 2.24) is 34.9 Å². The number of fused-ring (bicyclic) bond motifs is 2. The van der Waals surface area contributed by atoms with Gasteiger partial charge in [-0.3, -0.25) is 34.1 Å². The number of nitriles is 1. The number of carbonyl (C=O) groups excluding carboxylic acids is 4. The van der Waals surface area contributed by atoms with Crippen molar-refractivity contribution in [3.63, 3.8) is 0 Å². The van der Waals surface area contributed by atoms with Crippen molar-refractivity contribution >= 4 is 51.4 Å². The standard InChI is InChI=1S/C43H48N10O5/c1-43(2,58)34-23-36-29(22-37(34)47-42(57)38-14-12-33-21-28(24-44)25-45-53(33)38)26-52(49-36)32-10-8-31(9-11-32)51-19-17-50(18-20-51)30-6-3-27(4-7-30)5-15-39(54)46-35-13-16-40(55)48-41(35)56/h3-4,6-7,12,14,21-23,25-26,31-32,35,58H,5,8-11,13,15-20H2,1-2H3,(H,46,54)(H,47,57)(H,48,55,56). The van der Waals surface area contributed by atoms with Gasteiger partial charge in [-0.1, -0.05) is 12.1 Å². The smallest absolute Gasteiger partial charge is 0.274 e. The van der Waals surface area contributed by atoms with Crippen LogP contribution in [0.25, 0.3) is 16.4 Å². The molecule has 8 rings (SSSR count). The lowest BCUT2D eigenvalue weighted by Crippen LogP contribution is -2.52. The first-order valence-electron chi connectivity index (χ1n) is 20.1. The third kappa shape index (κ3) is 8.30. The van der Waals surface area contributed by atoms with Gasteiger partial charge in [0.1, 0.15) is 17.8 Å². The third-order valence-corrected chi connectivity index (χ3v) is 11.8. The molecule has 5 heterocycles. The number of carbonyl (C=O) groups is 4. The first-order chi connectivity index (χ1) is 27.9. The Balaban J connectivity index is 0.835. The number of piperazine rings is 1. The maximum Gasteiger partial charge on any atom is 0.274 e. The first-order valence-corrected chi connectivity index (χ1v) is 20.1. The molecule has 15 heteroatoms. The van der Waals surface area contributed by atoms with Crippen LogP contribution in [0.5, 0.6) is 0 Å². The summed E-state index contributed by atoms with van der Waals surface area (Å²) in [6.07, 6.45) is 9.07. The number of aromatic nitrogens is 4. The molecule has 1 saturated carbocycles. The number of hydrogen-bond donors (Lipinski definition) is 4. The molecule has 2 aliphatic heterocycles. The van der Waals surface area contributed by atoms with Crippen LogP contribution in [-0.2, 0) is 26.4 Å². The number of piperidine rings is 1. The molecule has 4 amide bonds. The minimum absolute atomic E-state index is 0.196. The minimum Gasteiger partial charge on any atom is -0.386 e. The van der Waals surface area contributed by atoms with Gasteiger partial charge in [0.25, 0.3) is 5.91 Å². The molecule has 1 aliphatic carbocycles. The Bertz CT molecular complexity index is 2410. The van der Waals surface area contributed by atoms with Crippen LogP contribution in [0.4, 0.5) is 11.4 Å². The monoisotopic (exact) mass is 784 g/mol. The highest BCUT2D eigenvalue weighted by atomic mass is 16.3. The number of benzene rings is 2. The van der Waals surface area contributed by atoms with E-state index in [0.717, 1.165) is 68.3 Å². The SMILES string of the molecule is CC(C)(O)c1cc2nn(C3CCC(N4CCN(c5ccc(CCC(=O)NC6CCC(=O)NC6=O)cc5)CC4)CC3)cc2cc1NC(=O)c1ccc2cc(C#N)cnn12. The number of rotatable bonds is 10. The topological polar surface area (TPSA) is 190 Å². The van der Waals surface area contributed by atoms with Crippen molar-refractivity contribution in [1.29, 1.82) is 5.26 Å². The fraction of sp³-hybridized carbons (Fsp3) is 0.419. The van der Waals surface area contributed by atoms with E-state index in [4.69, 9.17) is 5.10 Å². The van der Waals surface area contributed by atoms with E-state index >= 15 is 0 Å². The molecule has 4 N–H and O–H groups in total. The van der Waals surface area contributed by atoms with Crippen LogP contribution in [0.1, 0.15) is 92.0 Å². The van der Waals surface area contributed by atoms with Crippen LogP contribution in [-0.4, -0.2) is 91.3 Å². The molecule has 3 aliphatic rings. The van der Waals surface area contributed by atoms with E-state index in [-0.39, 0.29) is 36.6 Å². The highest BCUT2D eigenvalue weighted by molar-refractivity contribution is 6.05.